The molecule has 0 bridgehead atoms. The van der Waals surface area contributed by atoms with E-state index >= 15 is 0 Å². The third-order valence-electron chi connectivity index (χ3n) is 2.45. The van der Waals surface area contributed by atoms with Crippen LogP contribution >= 0.6 is 0 Å². The highest BCUT2D eigenvalue weighted by Gasteiger charge is 2.10. The summed E-state index contributed by atoms with van der Waals surface area (Å²) in [5.41, 5.74) is 12.6. The van der Waals surface area contributed by atoms with Crippen LogP contribution in [0.2, 0.25) is 0 Å². The number of carbonyl (C=O) groups is 1. The summed E-state index contributed by atoms with van der Waals surface area (Å²) in [4.78, 5) is 13.6. The maximum atomic E-state index is 12.0. The molecule has 1 rings (SSSR count). The zero-order valence-electron chi connectivity index (χ0n) is 9.65. The van der Waals surface area contributed by atoms with Crippen LogP contribution in [-0.2, 0) is 6.54 Å². The average Bonchev–Trinajstić information content (AvgIpc) is 2.35. The quantitative estimate of drug-likeness (QED) is 0.763. The topological polar surface area (TPSA) is 72.3 Å². The van der Waals surface area contributed by atoms with E-state index in [9.17, 15) is 4.79 Å². The molecule has 0 spiro atoms. The fraction of sp³-hybridized carbons (Fsp3) is 0.417. The highest BCUT2D eigenvalue weighted by atomic mass is 16.2. The molecule has 1 aromatic rings. The van der Waals surface area contributed by atoms with E-state index in [-0.39, 0.29) is 5.91 Å². The fourth-order valence-electron chi connectivity index (χ4n) is 1.48. The van der Waals surface area contributed by atoms with Gasteiger partial charge >= 0.3 is 0 Å². The normalized spacial score (nSPS) is 10.2. The molecule has 4 N–H and O–H groups in total. The lowest BCUT2D eigenvalue weighted by Crippen LogP contribution is -2.29. The molecule has 0 heterocycles. The summed E-state index contributed by atoms with van der Waals surface area (Å²) in [6, 6.07) is 7.41. The van der Waals surface area contributed by atoms with Gasteiger partial charge in [-0.15, -0.1) is 0 Å². The molecular weight excluding hydrogens is 202 g/mol. The summed E-state index contributed by atoms with van der Waals surface area (Å²) in [7, 11) is 1.78. The van der Waals surface area contributed by atoms with Crippen molar-refractivity contribution in [3.05, 3.63) is 35.4 Å². The third-order valence-corrected chi connectivity index (χ3v) is 2.45. The smallest absolute Gasteiger partial charge is 0.253 e. The zero-order chi connectivity index (χ0) is 12.0. The number of hydrogen-bond donors (Lipinski definition) is 2. The second-order valence-electron chi connectivity index (χ2n) is 3.77. The maximum absolute atomic E-state index is 12.0. The number of amides is 1. The van der Waals surface area contributed by atoms with Gasteiger partial charge in [-0.25, -0.2) is 0 Å². The Balaban J connectivity index is 2.71. The van der Waals surface area contributed by atoms with Crippen LogP contribution in [0.5, 0.6) is 0 Å². The van der Waals surface area contributed by atoms with Gasteiger partial charge in [-0.2, -0.15) is 0 Å². The monoisotopic (exact) mass is 221 g/mol. The summed E-state index contributed by atoms with van der Waals surface area (Å²) in [5, 5.41) is 0. The molecule has 1 aromatic carbocycles. The molecule has 0 fully saturated rings. The molecule has 0 radical (unpaired) electrons. The van der Waals surface area contributed by atoms with E-state index in [1.54, 1.807) is 18.0 Å². The van der Waals surface area contributed by atoms with E-state index < -0.39 is 0 Å². The summed E-state index contributed by atoms with van der Waals surface area (Å²) >= 11 is 0. The molecule has 88 valence electrons. The van der Waals surface area contributed by atoms with Crippen LogP contribution in [0.25, 0.3) is 0 Å². The van der Waals surface area contributed by atoms with Crippen LogP contribution < -0.4 is 11.5 Å². The van der Waals surface area contributed by atoms with Crippen molar-refractivity contribution in [3.63, 3.8) is 0 Å². The van der Waals surface area contributed by atoms with Crippen molar-refractivity contribution in [1.29, 1.82) is 0 Å². The highest BCUT2D eigenvalue weighted by Crippen LogP contribution is 2.07. The van der Waals surface area contributed by atoms with Crippen molar-refractivity contribution < 1.29 is 4.79 Å². The lowest BCUT2D eigenvalue weighted by atomic mass is 10.1. The molecule has 4 nitrogen and oxygen atoms in total. The molecule has 0 saturated carbocycles. The first-order valence-electron chi connectivity index (χ1n) is 5.43. The maximum Gasteiger partial charge on any atom is 0.253 e. The van der Waals surface area contributed by atoms with Crippen molar-refractivity contribution >= 4 is 5.91 Å². The Kier molecular flexibility index (Phi) is 4.95. The second-order valence-corrected chi connectivity index (χ2v) is 3.77. The predicted molar refractivity (Wildman–Crippen MR) is 65.0 cm³/mol. The first-order chi connectivity index (χ1) is 7.69. The number of hydrogen-bond acceptors (Lipinski definition) is 3. The molecule has 0 aromatic heterocycles. The van der Waals surface area contributed by atoms with Gasteiger partial charge in [0.1, 0.15) is 0 Å². The minimum atomic E-state index is 0.0174. The van der Waals surface area contributed by atoms with Gasteiger partial charge in [0.25, 0.3) is 5.91 Å². The average molecular weight is 221 g/mol. The SMILES string of the molecule is CN(CCCN)C(=O)c1cccc(CN)c1. The Bertz CT molecular complexity index is 352. The first-order valence-corrected chi connectivity index (χ1v) is 5.43. The molecule has 0 atom stereocenters. The number of benzene rings is 1. The van der Waals surface area contributed by atoms with Gasteiger partial charge in [-0.3, -0.25) is 4.79 Å². The molecule has 0 aliphatic carbocycles. The number of nitrogens with zero attached hydrogens (tertiary/aromatic N) is 1. The molecule has 0 aliphatic heterocycles. The molecule has 0 saturated heterocycles. The van der Waals surface area contributed by atoms with Gasteiger partial charge in [0.15, 0.2) is 0 Å². The van der Waals surface area contributed by atoms with Crippen molar-refractivity contribution in [2.45, 2.75) is 13.0 Å². The van der Waals surface area contributed by atoms with E-state index in [1.165, 1.54) is 0 Å². The number of carbonyl (C=O) groups excluding carboxylic acids is 1. The van der Waals surface area contributed by atoms with Crippen molar-refractivity contribution in [3.8, 4) is 0 Å². The van der Waals surface area contributed by atoms with Crippen molar-refractivity contribution in [1.82, 2.24) is 4.90 Å². The standard InChI is InChI=1S/C12H19N3O/c1-15(7-3-6-13)12(16)11-5-2-4-10(8-11)9-14/h2,4-5,8H,3,6-7,9,13-14H2,1H3. The summed E-state index contributed by atoms with van der Waals surface area (Å²) in [6.07, 6.45) is 0.818. The summed E-state index contributed by atoms with van der Waals surface area (Å²) in [6.45, 7) is 1.73. The van der Waals surface area contributed by atoms with Crippen LogP contribution in [0.15, 0.2) is 24.3 Å². The van der Waals surface area contributed by atoms with Crippen LogP contribution in [-0.4, -0.2) is 30.9 Å². The van der Waals surface area contributed by atoms with Gasteiger partial charge in [-0.05, 0) is 30.7 Å². The Morgan fingerprint density at radius 2 is 2.12 bits per heavy atom. The Hall–Kier alpha value is -1.39. The van der Waals surface area contributed by atoms with Crippen LogP contribution in [0.3, 0.4) is 0 Å². The fourth-order valence-corrected chi connectivity index (χ4v) is 1.48. The summed E-state index contributed by atoms with van der Waals surface area (Å²) < 4.78 is 0. The second kappa shape index (κ2) is 6.25. The minimum Gasteiger partial charge on any atom is -0.342 e. The number of rotatable bonds is 5. The van der Waals surface area contributed by atoms with Gasteiger partial charge in [0, 0.05) is 25.7 Å². The first kappa shape index (κ1) is 12.7. The molecular formula is C12H19N3O. The molecule has 0 aliphatic rings. The Labute approximate surface area is 96.2 Å². The number of nitrogens with two attached hydrogens (primary N) is 2. The Morgan fingerprint density at radius 3 is 2.75 bits per heavy atom. The van der Waals surface area contributed by atoms with E-state index in [0.717, 1.165) is 12.0 Å². The largest absolute Gasteiger partial charge is 0.342 e. The lowest BCUT2D eigenvalue weighted by Gasteiger charge is -2.16. The van der Waals surface area contributed by atoms with Crippen LogP contribution in [0.4, 0.5) is 0 Å². The van der Waals surface area contributed by atoms with Crippen molar-refractivity contribution in [2.75, 3.05) is 20.1 Å². The molecule has 1 amide bonds. The zero-order valence-corrected chi connectivity index (χ0v) is 9.65. The molecule has 16 heavy (non-hydrogen) atoms. The van der Waals surface area contributed by atoms with Crippen molar-refractivity contribution in [2.24, 2.45) is 11.5 Å². The lowest BCUT2D eigenvalue weighted by molar-refractivity contribution is 0.0794. The summed E-state index contributed by atoms with van der Waals surface area (Å²) in [5.74, 6) is 0.0174. The van der Waals surface area contributed by atoms with Gasteiger partial charge in [0.05, 0.1) is 0 Å². The van der Waals surface area contributed by atoms with E-state index in [1.807, 2.05) is 18.2 Å². The molecule has 4 heteroatoms. The minimum absolute atomic E-state index is 0.0174. The third kappa shape index (κ3) is 3.32. The Morgan fingerprint density at radius 1 is 1.38 bits per heavy atom. The van der Waals surface area contributed by atoms with Crippen LogP contribution in [0, 0.1) is 0 Å². The van der Waals surface area contributed by atoms with E-state index in [0.29, 0.717) is 25.2 Å². The van der Waals surface area contributed by atoms with E-state index in [4.69, 9.17) is 11.5 Å². The van der Waals surface area contributed by atoms with Gasteiger partial charge in [-0.1, -0.05) is 12.1 Å². The van der Waals surface area contributed by atoms with Gasteiger partial charge in [0.2, 0.25) is 0 Å². The van der Waals surface area contributed by atoms with Crippen LogP contribution in [0.1, 0.15) is 22.3 Å². The molecule has 0 unspecified atom stereocenters. The predicted octanol–water partition coefficient (Wildman–Crippen LogP) is 0.566. The van der Waals surface area contributed by atoms with Gasteiger partial charge < -0.3 is 16.4 Å². The van der Waals surface area contributed by atoms with E-state index in [2.05, 4.69) is 0 Å². The highest BCUT2D eigenvalue weighted by molar-refractivity contribution is 5.94.